The van der Waals surface area contributed by atoms with E-state index in [0.717, 1.165) is 33.2 Å². The van der Waals surface area contributed by atoms with Gasteiger partial charge in [0.05, 0.1) is 21.3 Å². The minimum absolute atomic E-state index is 0.518. The molecule has 0 aliphatic rings. The second-order valence-corrected chi connectivity index (χ2v) is 6.63. The van der Waals surface area contributed by atoms with Crippen molar-refractivity contribution in [3.8, 4) is 17.2 Å². The Bertz CT molecular complexity index is 1120. The Morgan fingerprint density at radius 1 is 1.07 bits per heavy atom. The molecule has 3 rings (SSSR count). The van der Waals surface area contributed by atoms with Crippen LogP contribution in [0.1, 0.15) is 16.7 Å². The number of ether oxygens (including phenoxy) is 3. The quantitative estimate of drug-likeness (QED) is 0.353. The predicted octanol–water partition coefficient (Wildman–Crippen LogP) is 3.78. The SMILES string of the molecule is C=C(c1cc(OC)c(OC)c(OC)c1)c1ccc2c(c1)c(/C=C/C(=O)NO)cn2C. The van der Waals surface area contributed by atoms with Gasteiger partial charge in [0.1, 0.15) is 0 Å². The van der Waals surface area contributed by atoms with Crippen LogP contribution in [0.3, 0.4) is 0 Å². The number of carbonyl (C=O) groups is 1. The number of hydrogen-bond acceptors (Lipinski definition) is 5. The van der Waals surface area contributed by atoms with Gasteiger partial charge in [0.25, 0.3) is 5.91 Å². The molecule has 0 saturated carbocycles. The lowest BCUT2D eigenvalue weighted by molar-refractivity contribution is -0.124. The number of amides is 1. The van der Waals surface area contributed by atoms with Crippen LogP contribution in [0, 0.1) is 0 Å². The third-order valence-electron chi connectivity index (χ3n) is 4.91. The van der Waals surface area contributed by atoms with Crippen LogP contribution in [0.15, 0.2) is 49.2 Å². The number of aromatic nitrogens is 1. The van der Waals surface area contributed by atoms with E-state index >= 15 is 0 Å². The maximum atomic E-state index is 11.4. The highest BCUT2D eigenvalue weighted by Gasteiger charge is 2.16. The summed E-state index contributed by atoms with van der Waals surface area (Å²) in [5, 5.41) is 9.65. The molecule has 3 aromatic rings. The van der Waals surface area contributed by atoms with Crippen LogP contribution >= 0.6 is 0 Å². The molecule has 1 heterocycles. The molecule has 2 aromatic carbocycles. The molecule has 7 nitrogen and oxygen atoms in total. The normalized spacial score (nSPS) is 11.0. The number of rotatable bonds is 7. The van der Waals surface area contributed by atoms with Gasteiger partial charge in [-0.1, -0.05) is 12.6 Å². The molecular formula is C23H24N2O5. The highest BCUT2D eigenvalue weighted by molar-refractivity contribution is 5.97. The number of aryl methyl sites for hydroxylation is 1. The van der Waals surface area contributed by atoms with E-state index in [-0.39, 0.29) is 0 Å². The number of methoxy groups -OCH3 is 3. The van der Waals surface area contributed by atoms with Gasteiger partial charge >= 0.3 is 0 Å². The molecule has 1 aromatic heterocycles. The molecule has 1 amide bonds. The van der Waals surface area contributed by atoms with Gasteiger partial charge in [-0.2, -0.15) is 0 Å². The molecular weight excluding hydrogens is 384 g/mol. The van der Waals surface area contributed by atoms with Gasteiger partial charge in [0.2, 0.25) is 5.75 Å². The summed E-state index contributed by atoms with van der Waals surface area (Å²) in [5.74, 6) is 1.02. The number of benzene rings is 2. The lowest BCUT2D eigenvalue weighted by atomic mass is 9.97. The first-order valence-corrected chi connectivity index (χ1v) is 9.14. The van der Waals surface area contributed by atoms with E-state index in [9.17, 15) is 4.79 Å². The highest BCUT2D eigenvalue weighted by Crippen LogP contribution is 2.41. The van der Waals surface area contributed by atoms with E-state index in [1.807, 2.05) is 48.1 Å². The van der Waals surface area contributed by atoms with Crippen LogP contribution < -0.4 is 19.7 Å². The predicted molar refractivity (Wildman–Crippen MR) is 116 cm³/mol. The molecule has 0 saturated heterocycles. The van der Waals surface area contributed by atoms with Crippen molar-refractivity contribution < 1.29 is 24.2 Å². The first kappa shape index (κ1) is 21.0. The van der Waals surface area contributed by atoms with Crippen molar-refractivity contribution in [2.45, 2.75) is 0 Å². The van der Waals surface area contributed by atoms with Crippen molar-refractivity contribution in [3.63, 3.8) is 0 Å². The van der Waals surface area contributed by atoms with Crippen LogP contribution in [-0.2, 0) is 11.8 Å². The van der Waals surface area contributed by atoms with Gasteiger partial charge in [-0.15, -0.1) is 0 Å². The van der Waals surface area contributed by atoms with Crippen molar-refractivity contribution in [1.82, 2.24) is 10.0 Å². The Hall–Kier alpha value is -3.71. The van der Waals surface area contributed by atoms with Gasteiger partial charge in [-0.25, -0.2) is 5.48 Å². The van der Waals surface area contributed by atoms with Gasteiger partial charge in [-0.05, 0) is 47.0 Å². The number of nitrogens with one attached hydrogen (secondary N) is 1. The smallest absolute Gasteiger partial charge is 0.267 e. The molecule has 0 aliphatic carbocycles. The van der Waals surface area contributed by atoms with Crippen molar-refractivity contribution >= 4 is 28.5 Å². The second kappa shape index (κ2) is 8.75. The zero-order chi connectivity index (χ0) is 21.8. The molecule has 0 bridgehead atoms. The topological polar surface area (TPSA) is 82.0 Å². The number of carbonyl (C=O) groups excluding carboxylic acids is 1. The summed E-state index contributed by atoms with van der Waals surface area (Å²) >= 11 is 0. The molecule has 2 N–H and O–H groups in total. The fourth-order valence-electron chi connectivity index (χ4n) is 3.37. The lowest BCUT2D eigenvalue weighted by Gasteiger charge is -2.15. The monoisotopic (exact) mass is 408 g/mol. The Morgan fingerprint density at radius 2 is 1.73 bits per heavy atom. The van der Waals surface area contributed by atoms with Crippen LogP contribution in [-0.4, -0.2) is 37.0 Å². The zero-order valence-electron chi connectivity index (χ0n) is 17.4. The van der Waals surface area contributed by atoms with Crippen molar-refractivity contribution in [1.29, 1.82) is 0 Å². The van der Waals surface area contributed by atoms with Gasteiger partial charge in [0, 0.05) is 35.8 Å². The second-order valence-electron chi connectivity index (χ2n) is 6.63. The van der Waals surface area contributed by atoms with Crippen molar-refractivity contribution in [3.05, 3.63) is 65.9 Å². The zero-order valence-corrected chi connectivity index (χ0v) is 17.4. The molecule has 0 aliphatic heterocycles. The summed E-state index contributed by atoms with van der Waals surface area (Å²) in [6.45, 7) is 4.26. The first-order valence-electron chi connectivity index (χ1n) is 9.14. The van der Waals surface area contributed by atoms with Gasteiger partial charge in [0.15, 0.2) is 11.5 Å². The van der Waals surface area contributed by atoms with E-state index in [4.69, 9.17) is 19.4 Å². The Kier molecular flexibility index (Phi) is 6.13. The van der Waals surface area contributed by atoms with Gasteiger partial charge < -0.3 is 18.8 Å². The van der Waals surface area contributed by atoms with Crippen LogP contribution in [0.4, 0.5) is 0 Å². The van der Waals surface area contributed by atoms with E-state index in [1.165, 1.54) is 6.08 Å². The third kappa shape index (κ3) is 3.88. The highest BCUT2D eigenvalue weighted by atomic mass is 16.5. The Morgan fingerprint density at radius 3 is 2.30 bits per heavy atom. The average molecular weight is 408 g/mol. The first-order chi connectivity index (χ1) is 14.4. The Balaban J connectivity index is 2.08. The molecule has 156 valence electrons. The van der Waals surface area contributed by atoms with Crippen molar-refractivity contribution in [2.24, 2.45) is 7.05 Å². The van der Waals surface area contributed by atoms with Crippen LogP contribution in [0.2, 0.25) is 0 Å². The summed E-state index contributed by atoms with van der Waals surface area (Å²) in [5.41, 5.74) is 5.95. The van der Waals surface area contributed by atoms with E-state index < -0.39 is 5.91 Å². The molecule has 7 heteroatoms. The minimum atomic E-state index is -0.593. The van der Waals surface area contributed by atoms with Gasteiger partial charge in [-0.3, -0.25) is 10.0 Å². The fraction of sp³-hybridized carbons (Fsp3) is 0.174. The maximum absolute atomic E-state index is 11.4. The summed E-state index contributed by atoms with van der Waals surface area (Å²) < 4.78 is 18.3. The standard InChI is InChI=1S/C23H24N2O5/c1-14(17-11-20(28-3)23(30-5)21(12-17)29-4)15-6-8-19-18(10-15)16(13-25(19)2)7-9-22(26)24-27/h6-13,27H,1H2,2-5H3,(H,24,26)/b9-7+. The summed E-state index contributed by atoms with van der Waals surface area (Å²) in [6.07, 6.45) is 4.84. The lowest BCUT2D eigenvalue weighted by Crippen LogP contribution is -2.14. The number of hydroxylamine groups is 1. The molecule has 0 unspecified atom stereocenters. The minimum Gasteiger partial charge on any atom is -0.493 e. The van der Waals surface area contributed by atoms with E-state index in [1.54, 1.807) is 32.9 Å². The summed E-state index contributed by atoms with van der Waals surface area (Å²) in [4.78, 5) is 11.4. The largest absolute Gasteiger partial charge is 0.493 e. The molecule has 30 heavy (non-hydrogen) atoms. The van der Waals surface area contributed by atoms with Crippen molar-refractivity contribution in [2.75, 3.05) is 21.3 Å². The van der Waals surface area contributed by atoms with E-state index in [0.29, 0.717) is 17.2 Å². The average Bonchev–Trinajstić information content (AvgIpc) is 3.10. The van der Waals surface area contributed by atoms with Crippen LogP contribution in [0.5, 0.6) is 17.2 Å². The number of fused-ring (bicyclic) bond motifs is 1. The number of nitrogens with zero attached hydrogens (tertiary/aromatic N) is 1. The molecule has 0 atom stereocenters. The summed E-state index contributed by atoms with van der Waals surface area (Å²) in [7, 11) is 6.63. The fourth-order valence-corrected chi connectivity index (χ4v) is 3.37. The molecule has 0 spiro atoms. The third-order valence-corrected chi connectivity index (χ3v) is 4.91. The Labute approximate surface area is 174 Å². The molecule has 0 fully saturated rings. The van der Waals surface area contributed by atoms with Crippen LogP contribution in [0.25, 0.3) is 22.6 Å². The molecule has 0 radical (unpaired) electrons. The number of hydrogen-bond donors (Lipinski definition) is 2. The van der Waals surface area contributed by atoms with E-state index in [2.05, 4.69) is 6.58 Å². The maximum Gasteiger partial charge on any atom is 0.267 e. The summed E-state index contributed by atoms with van der Waals surface area (Å²) in [6, 6.07) is 9.70.